The van der Waals surface area contributed by atoms with Gasteiger partial charge in [-0.2, -0.15) is 0 Å². The molecule has 0 saturated carbocycles. The minimum Gasteiger partial charge on any atom is -0.481 e. The Morgan fingerprint density at radius 3 is 2.50 bits per heavy atom. The predicted octanol–water partition coefficient (Wildman–Crippen LogP) is -0.173. The number of urea groups is 1. The van der Waals surface area contributed by atoms with Gasteiger partial charge in [-0.05, 0) is 13.3 Å². The third-order valence-corrected chi connectivity index (χ3v) is 2.74. The number of nitrogens with zero attached hydrogens (tertiary/aromatic N) is 2. The van der Waals surface area contributed by atoms with Crippen molar-refractivity contribution in [1.29, 1.82) is 0 Å². The van der Waals surface area contributed by atoms with E-state index in [4.69, 9.17) is 10.2 Å². The molecule has 1 fully saturated rings. The van der Waals surface area contributed by atoms with Crippen LogP contribution >= 0.6 is 0 Å². The minimum absolute atomic E-state index is 0.0571. The molecular weight excluding hydrogens is 212 g/mol. The summed E-state index contributed by atoms with van der Waals surface area (Å²) in [7, 11) is 0. The Morgan fingerprint density at radius 2 is 2.06 bits per heavy atom. The molecule has 0 atom stereocenters. The molecule has 6 heteroatoms. The maximum Gasteiger partial charge on any atom is 0.320 e. The molecular formula is C10H18N2O4. The molecule has 1 rings (SSSR count). The van der Waals surface area contributed by atoms with E-state index in [1.165, 1.54) is 4.90 Å². The van der Waals surface area contributed by atoms with E-state index in [9.17, 15) is 9.59 Å². The largest absolute Gasteiger partial charge is 0.481 e. The Morgan fingerprint density at radius 1 is 1.44 bits per heavy atom. The van der Waals surface area contributed by atoms with Crippen LogP contribution in [0.2, 0.25) is 0 Å². The summed E-state index contributed by atoms with van der Waals surface area (Å²) in [5.74, 6) is -1.26. The van der Waals surface area contributed by atoms with Crippen molar-refractivity contribution in [3.63, 3.8) is 0 Å². The number of aliphatic hydroxyl groups is 1. The quantitative estimate of drug-likeness (QED) is 0.687. The Kier molecular flexibility index (Phi) is 4.54. The van der Waals surface area contributed by atoms with Crippen LogP contribution < -0.4 is 0 Å². The van der Waals surface area contributed by atoms with Crippen molar-refractivity contribution in [2.45, 2.75) is 13.3 Å². The summed E-state index contributed by atoms with van der Waals surface area (Å²) >= 11 is 0. The average Bonchev–Trinajstić information content (AvgIpc) is 2.16. The molecule has 1 aliphatic rings. The number of rotatable bonds is 5. The monoisotopic (exact) mass is 230 g/mol. The number of hydrogen-bond donors (Lipinski definition) is 2. The van der Waals surface area contributed by atoms with Gasteiger partial charge in [0.1, 0.15) is 0 Å². The number of carboxylic acid groups (broad SMARTS) is 1. The van der Waals surface area contributed by atoms with Crippen molar-refractivity contribution in [1.82, 2.24) is 9.80 Å². The Bertz CT molecular complexity index is 264. The molecule has 2 amide bonds. The van der Waals surface area contributed by atoms with Crippen molar-refractivity contribution < 1.29 is 19.8 Å². The zero-order chi connectivity index (χ0) is 12.1. The zero-order valence-corrected chi connectivity index (χ0v) is 9.43. The molecule has 1 aliphatic heterocycles. The molecule has 0 aromatic carbocycles. The van der Waals surface area contributed by atoms with E-state index in [0.717, 1.165) is 0 Å². The highest BCUT2D eigenvalue weighted by Gasteiger charge is 2.37. The molecule has 0 aliphatic carbocycles. The topological polar surface area (TPSA) is 81.1 Å². The highest BCUT2D eigenvalue weighted by atomic mass is 16.4. The number of carbonyl (C=O) groups is 2. The lowest BCUT2D eigenvalue weighted by molar-refractivity contribution is -0.146. The van der Waals surface area contributed by atoms with Crippen molar-refractivity contribution >= 4 is 12.0 Å². The lowest BCUT2D eigenvalue weighted by Gasteiger charge is -2.39. The fourth-order valence-electron chi connectivity index (χ4n) is 1.64. The van der Waals surface area contributed by atoms with Crippen LogP contribution in [-0.2, 0) is 4.79 Å². The van der Waals surface area contributed by atoms with Crippen LogP contribution in [0.4, 0.5) is 4.79 Å². The van der Waals surface area contributed by atoms with Crippen LogP contribution in [0, 0.1) is 5.92 Å². The molecule has 2 N–H and O–H groups in total. The van der Waals surface area contributed by atoms with Gasteiger partial charge in [0.05, 0.1) is 5.92 Å². The summed E-state index contributed by atoms with van der Waals surface area (Å²) < 4.78 is 0. The summed E-state index contributed by atoms with van der Waals surface area (Å²) in [6.45, 7) is 3.60. The highest BCUT2D eigenvalue weighted by Crippen LogP contribution is 2.17. The first-order valence-corrected chi connectivity index (χ1v) is 5.47. The molecule has 0 aromatic rings. The number of carboxylic acids is 1. The van der Waals surface area contributed by atoms with Gasteiger partial charge in [-0.3, -0.25) is 4.79 Å². The molecule has 1 saturated heterocycles. The summed E-state index contributed by atoms with van der Waals surface area (Å²) in [6, 6.07) is -0.131. The minimum atomic E-state index is -0.845. The molecule has 1 heterocycles. The third kappa shape index (κ3) is 2.85. The van der Waals surface area contributed by atoms with Crippen molar-refractivity contribution in [2.24, 2.45) is 5.92 Å². The number of amides is 2. The normalized spacial score (nSPS) is 15.8. The summed E-state index contributed by atoms with van der Waals surface area (Å²) in [6.07, 6.45) is 0.551. The van der Waals surface area contributed by atoms with Gasteiger partial charge in [0.15, 0.2) is 0 Å². The van der Waals surface area contributed by atoms with Crippen LogP contribution in [0.1, 0.15) is 13.3 Å². The number of carbonyl (C=O) groups excluding carboxylic acids is 1. The second-order valence-corrected chi connectivity index (χ2v) is 3.88. The zero-order valence-electron chi connectivity index (χ0n) is 9.43. The van der Waals surface area contributed by atoms with Gasteiger partial charge < -0.3 is 20.0 Å². The van der Waals surface area contributed by atoms with Crippen molar-refractivity contribution in [3.8, 4) is 0 Å². The van der Waals surface area contributed by atoms with E-state index < -0.39 is 11.9 Å². The van der Waals surface area contributed by atoms with E-state index in [2.05, 4.69) is 0 Å². The number of likely N-dealkylation sites (tertiary alicyclic amines) is 1. The summed E-state index contributed by atoms with van der Waals surface area (Å²) in [5.41, 5.74) is 0. The lowest BCUT2D eigenvalue weighted by Crippen LogP contribution is -2.57. The van der Waals surface area contributed by atoms with Crippen LogP contribution in [0.25, 0.3) is 0 Å². The first-order valence-electron chi connectivity index (χ1n) is 5.47. The number of aliphatic hydroxyl groups excluding tert-OH is 1. The number of aliphatic carboxylic acids is 1. The molecule has 0 radical (unpaired) electrons. The molecule has 16 heavy (non-hydrogen) atoms. The summed E-state index contributed by atoms with van der Waals surface area (Å²) in [5, 5.41) is 17.4. The molecule has 6 nitrogen and oxygen atoms in total. The fourth-order valence-corrected chi connectivity index (χ4v) is 1.64. The lowest BCUT2D eigenvalue weighted by atomic mass is 10.0. The maximum absolute atomic E-state index is 11.8. The Hall–Kier alpha value is -1.30. The van der Waals surface area contributed by atoms with E-state index >= 15 is 0 Å². The average molecular weight is 230 g/mol. The van der Waals surface area contributed by atoms with Gasteiger partial charge in [-0.15, -0.1) is 0 Å². The fraction of sp³-hybridized carbons (Fsp3) is 0.800. The van der Waals surface area contributed by atoms with Gasteiger partial charge in [0, 0.05) is 32.8 Å². The van der Waals surface area contributed by atoms with Crippen LogP contribution in [0.3, 0.4) is 0 Å². The first kappa shape index (κ1) is 12.8. The highest BCUT2D eigenvalue weighted by molar-refractivity contribution is 5.79. The Labute approximate surface area is 94.4 Å². The van der Waals surface area contributed by atoms with E-state index in [0.29, 0.717) is 32.6 Å². The standard InChI is InChI=1S/C10H18N2O4/c1-2-11(4-3-5-13)10(16)12-6-8(7-12)9(14)15/h8,13H,2-7H2,1H3,(H,14,15). The Balaban J connectivity index is 2.36. The SMILES string of the molecule is CCN(CCCO)C(=O)N1CC(C(=O)O)C1. The molecule has 0 aromatic heterocycles. The summed E-state index contributed by atoms with van der Waals surface area (Å²) in [4.78, 5) is 25.5. The van der Waals surface area contributed by atoms with Gasteiger partial charge in [-0.25, -0.2) is 4.79 Å². The first-order chi connectivity index (χ1) is 7.60. The molecule has 0 spiro atoms. The molecule has 0 bridgehead atoms. The van der Waals surface area contributed by atoms with Gasteiger partial charge >= 0.3 is 12.0 Å². The van der Waals surface area contributed by atoms with Crippen molar-refractivity contribution in [2.75, 3.05) is 32.8 Å². The predicted molar refractivity (Wildman–Crippen MR) is 57.0 cm³/mol. The second-order valence-electron chi connectivity index (χ2n) is 3.88. The van der Waals surface area contributed by atoms with Gasteiger partial charge in [0.2, 0.25) is 0 Å². The van der Waals surface area contributed by atoms with Crippen molar-refractivity contribution in [3.05, 3.63) is 0 Å². The van der Waals surface area contributed by atoms with Crippen LogP contribution in [-0.4, -0.2) is 64.8 Å². The maximum atomic E-state index is 11.8. The molecule has 0 unspecified atom stereocenters. The van der Waals surface area contributed by atoms with E-state index in [1.54, 1.807) is 4.90 Å². The van der Waals surface area contributed by atoms with Gasteiger partial charge in [0.25, 0.3) is 0 Å². The van der Waals surface area contributed by atoms with E-state index in [1.807, 2.05) is 6.92 Å². The molecule has 92 valence electrons. The van der Waals surface area contributed by atoms with Crippen LogP contribution in [0.5, 0.6) is 0 Å². The third-order valence-electron chi connectivity index (χ3n) is 2.74. The van der Waals surface area contributed by atoms with E-state index in [-0.39, 0.29) is 12.6 Å². The second kappa shape index (κ2) is 5.69. The van der Waals surface area contributed by atoms with Gasteiger partial charge in [-0.1, -0.05) is 0 Å². The smallest absolute Gasteiger partial charge is 0.320 e. The van der Waals surface area contributed by atoms with Crippen LogP contribution in [0.15, 0.2) is 0 Å². The number of hydrogen-bond acceptors (Lipinski definition) is 3.